The van der Waals surface area contributed by atoms with E-state index >= 15 is 0 Å². The van der Waals surface area contributed by atoms with E-state index in [9.17, 15) is 13.2 Å². The number of carbonyl (C=O) groups is 1. The summed E-state index contributed by atoms with van der Waals surface area (Å²) < 4.78 is 45.7. The van der Waals surface area contributed by atoms with Crippen molar-refractivity contribution in [3.05, 3.63) is 23.8 Å². The third-order valence-corrected chi connectivity index (χ3v) is 7.56. The molecule has 10 heteroatoms. The van der Waals surface area contributed by atoms with E-state index in [1.54, 1.807) is 4.90 Å². The summed E-state index contributed by atoms with van der Waals surface area (Å²) in [7, 11) is -3.55. The van der Waals surface area contributed by atoms with Crippen molar-refractivity contribution in [2.45, 2.75) is 32.5 Å². The van der Waals surface area contributed by atoms with Crippen molar-refractivity contribution in [3.8, 4) is 11.5 Å². The van der Waals surface area contributed by atoms with Crippen LogP contribution in [0.15, 0.2) is 18.2 Å². The van der Waals surface area contributed by atoms with Gasteiger partial charge in [-0.1, -0.05) is 6.07 Å². The van der Waals surface area contributed by atoms with Gasteiger partial charge in [-0.25, -0.2) is 0 Å². The average Bonchev–Trinajstić information content (AvgIpc) is 2.73. The molecule has 0 spiro atoms. The number of hydrogen-bond donors (Lipinski definition) is 0. The van der Waals surface area contributed by atoms with Gasteiger partial charge in [-0.2, -0.15) is 17.0 Å². The summed E-state index contributed by atoms with van der Waals surface area (Å²) >= 11 is 0. The first-order chi connectivity index (χ1) is 14.3. The van der Waals surface area contributed by atoms with Crippen LogP contribution in [0.3, 0.4) is 0 Å². The van der Waals surface area contributed by atoms with Crippen LogP contribution in [0.1, 0.15) is 19.4 Å². The SMILES string of the molecule is CC1CN(S(=O)(=O)N2CCN(C(=O)Cc3ccc4c(c3)OCCO4)CC2)CC(C)O1. The van der Waals surface area contributed by atoms with Gasteiger partial charge in [0.2, 0.25) is 5.91 Å². The number of fused-ring (bicyclic) bond motifs is 1. The summed E-state index contributed by atoms with van der Waals surface area (Å²) in [6.45, 7) is 6.88. The van der Waals surface area contributed by atoms with E-state index in [2.05, 4.69) is 0 Å². The summed E-state index contributed by atoms with van der Waals surface area (Å²) in [5.41, 5.74) is 0.857. The van der Waals surface area contributed by atoms with E-state index in [0.717, 1.165) is 5.56 Å². The van der Waals surface area contributed by atoms with E-state index < -0.39 is 10.2 Å². The molecule has 2 atom stereocenters. The fraction of sp³-hybridized carbons (Fsp3) is 0.650. The number of amides is 1. The third kappa shape index (κ3) is 4.56. The maximum Gasteiger partial charge on any atom is 0.282 e. The lowest BCUT2D eigenvalue weighted by Crippen LogP contribution is -2.57. The minimum absolute atomic E-state index is 0.0163. The van der Waals surface area contributed by atoms with Gasteiger partial charge < -0.3 is 19.1 Å². The molecule has 3 aliphatic rings. The first-order valence-electron chi connectivity index (χ1n) is 10.4. The Morgan fingerprint density at radius 2 is 1.60 bits per heavy atom. The van der Waals surface area contributed by atoms with E-state index in [0.29, 0.717) is 64.0 Å². The van der Waals surface area contributed by atoms with Crippen LogP contribution < -0.4 is 9.47 Å². The minimum Gasteiger partial charge on any atom is -0.486 e. The topological polar surface area (TPSA) is 88.6 Å². The Balaban J connectivity index is 1.33. The number of hydrogen-bond acceptors (Lipinski definition) is 6. The minimum atomic E-state index is -3.55. The Morgan fingerprint density at radius 3 is 2.27 bits per heavy atom. The maximum absolute atomic E-state index is 13.0. The Morgan fingerprint density at radius 1 is 0.967 bits per heavy atom. The van der Waals surface area contributed by atoms with Crippen LogP contribution >= 0.6 is 0 Å². The van der Waals surface area contributed by atoms with Crippen molar-refractivity contribution in [1.29, 1.82) is 0 Å². The molecule has 2 saturated heterocycles. The number of piperazine rings is 1. The summed E-state index contributed by atoms with van der Waals surface area (Å²) in [5, 5.41) is 0. The first kappa shape index (κ1) is 21.4. The number of benzene rings is 1. The molecule has 0 aromatic heterocycles. The molecule has 166 valence electrons. The van der Waals surface area contributed by atoms with E-state index in [-0.39, 0.29) is 24.5 Å². The molecular weight excluding hydrogens is 410 g/mol. The Labute approximate surface area is 177 Å². The second-order valence-electron chi connectivity index (χ2n) is 8.02. The van der Waals surface area contributed by atoms with Crippen LogP contribution in [0.4, 0.5) is 0 Å². The van der Waals surface area contributed by atoms with Crippen LogP contribution in [0.25, 0.3) is 0 Å². The lowest BCUT2D eigenvalue weighted by Gasteiger charge is -2.40. The molecule has 2 unspecified atom stereocenters. The van der Waals surface area contributed by atoms with Gasteiger partial charge >= 0.3 is 0 Å². The van der Waals surface area contributed by atoms with Gasteiger partial charge in [0.05, 0.1) is 18.6 Å². The zero-order valence-electron chi connectivity index (χ0n) is 17.5. The standard InChI is InChI=1S/C20H29N3O6S/c1-15-13-23(14-16(2)29-15)30(25,26)22-7-5-21(6-8-22)20(24)12-17-3-4-18-19(11-17)28-10-9-27-18/h3-4,11,15-16H,5-10,12-14H2,1-2H3. The number of morpholine rings is 1. The molecular formula is C20H29N3O6S. The van der Waals surface area contributed by atoms with Crippen LogP contribution in [-0.4, -0.2) is 92.5 Å². The zero-order chi connectivity index (χ0) is 21.3. The van der Waals surface area contributed by atoms with Crippen LogP contribution in [-0.2, 0) is 26.2 Å². The summed E-state index contributed by atoms with van der Waals surface area (Å²) in [4.78, 5) is 14.5. The van der Waals surface area contributed by atoms with Crippen LogP contribution in [0.5, 0.6) is 11.5 Å². The zero-order valence-corrected chi connectivity index (χ0v) is 18.3. The average molecular weight is 440 g/mol. The highest BCUT2D eigenvalue weighted by Crippen LogP contribution is 2.31. The Bertz CT molecular complexity index is 875. The molecule has 0 bridgehead atoms. The van der Waals surface area contributed by atoms with Crippen molar-refractivity contribution >= 4 is 16.1 Å². The second-order valence-corrected chi connectivity index (χ2v) is 9.95. The maximum atomic E-state index is 13.0. The number of nitrogens with zero attached hydrogens (tertiary/aromatic N) is 3. The normalized spacial score (nSPS) is 25.9. The van der Waals surface area contributed by atoms with Crippen LogP contribution in [0, 0.1) is 0 Å². The summed E-state index contributed by atoms with van der Waals surface area (Å²) in [6, 6.07) is 5.53. The quantitative estimate of drug-likeness (QED) is 0.679. The molecule has 0 aliphatic carbocycles. The number of ether oxygens (including phenoxy) is 3. The molecule has 1 aromatic rings. The molecule has 3 aliphatic heterocycles. The van der Waals surface area contributed by atoms with Gasteiger partial charge in [-0.05, 0) is 31.5 Å². The molecule has 0 radical (unpaired) electrons. The molecule has 3 heterocycles. The second kappa shape index (κ2) is 8.70. The predicted molar refractivity (Wildman–Crippen MR) is 110 cm³/mol. The van der Waals surface area contributed by atoms with Crippen molar-refractivity contribution in [2.24, 2.45) is 0 Å². The highest BCUT2D eigenvalue weighted by molar-refractivity contribution is 7.86. The van der Waals surface area contributed by atoms with E-state index in [1.165, 1.54) is 8.61 Å². The summed E-state index contributed by atoms with van der Waals surface area (Å²) in [6.07, 6.45) is -0.00297. The fourth-order valence-corrected chi connectivity index (χ4v) is 5.88. The molecule has 9 nitrogen and oxygen atoms in total. The van der Waals surface area contributed by atoms with Crippen LogP contribution in [0.2, 0.25) is 0 Å². The van der Waals surface area contributed by atoms with Gasteiger partial charge in [0.25, 0.3) is 10.2 Å². The predicted octanol–water partition coefficient (Wildman–Crippen LogP) is 0.499. The van der Waals surface area contributed by atoms with Gasteiger partial charge in [0, 0.05) is 39.3 Å². The van der Waals surface area contributed by atoms with Gasteiger partial charge in [-0.3, -0.25) is 4.79 Å². The van der Waals surface area contributed by atoms with E-state index in [4.69, 9.17) is 14.2 Å². The Hall–Kier alpha value is -1.88. The number of carbonyl (C=O) groups excluding carboxylic acids is 1. The molecule has 0 N–H and O–H groups in total. The third-order valence-electron chi connectivity index (χ3n) is 5.59. The van der Waals surface area contributed by atoms with Crippen molar-refractivity contribution in [3.63, 3.8) is 0 Å². The molecule has 0 saturated carbocycles. The van der Waals surface area contributed by atoms with Crippen molar-refractivity contribution < 1.29 is 27.4 Å². The lowest BCUT2D eigenvalue weighted by molar-refractivity contribution is -0.131. The highest BCUT2D eigenvalue weighted by atomic mass is 32.2. The summed E-state index contributed by atoms with van der Waals surface area (Å²) in [5.74, 6) is 1.34. The lowest BCUT2D eigenvalue weighted by atomic mass is 10.1. The van der Waals surface area contributed by atoms with E-state index in [1.807, 2.05) is 32.0 Å². The monoisotopic (exact) mass is 439 g/mol. The molecule has 30 heavy (non-hydrogen) atoms. The van der Waals surface area contributed by atoms with Crippen molar-refractivity contribution in [1.82, 2.24) is 13.5 Å². The highest BCUT2D eigenvalue weighted by Gasteiger charge is 2.37. The smallest absolute Gasteiger partial charge is 0.282 e. The molecule has 1 amide bonds. The molecule has 4 rings (SSSR count). The largest absolute Gasteiger partial charge is 0.486 e. The molecule has 2 fully saturated rings. The fourth-order valence-electron chi connectivity index (χ4n) is 4.13. The number of rotatable bonds is 4. The van der Waals surface area contributed by atoms with Gasteiger partial charge in [0.15, 0.2) is 11.5 Å². The Kier molecular flexibility index (Phi) is 6.19. The van der Waals surface area contributed by atoms with Crippen molar-refractivity contribution in [2.75, 3.05) is 52.5 Å². The van der Waals surface area contributed by atoms with Gasteiger partial charge in [-0.15, -0.1) is 0 Å². The first-order valence-corrected chi connectivity index (χ1v) is 11.8. The van der Waals surface area contributed by atoms with Gasteiger partial charge in [0.1, 0.15) is 13.2 Å². The molecule has 1 aromatic carbocycles.